The van der Waals surface area contributed by atoms with Crippen molar-refractivity contribution in [1.82, 2.24) is 4.90 Å². The summed E-state index contributed by atoms with van der Waals surface area (Å²) in [5, 5.41) is 18.4. The number of ketones is 1. The summed E-state index contributed by atoms with van der Waals surface area (Å²) in [5.41, 5.74) is -0.0665. The normalized spacial score (nSPS) is 27.1. The number of hydrogen-bond donors (Lipinski definition) is 2. The summed E-state index contributed by atoms with van der Waals surface area (Å²) in [4.78, 5) is 35.3. The Kier molecular flexibility index (Phi) is 3.93. The van der Waals surface area contributed by atoms with Gasteiger partial charge < -0.3 is 10.2 Å². The van der Waals surface area contributed by atoms with Crippen LogP contribution in [0.3, 0.4) is 0 Å². The molecule has 2 rings (SSSR count). The predicted molar refractivity (Wildman–Crippen MR) is 71.2 cm³/mol. The van der Waals surface area contributed by atoms with Crippen LogP contribution in [0.25, 0.3) is 0 Å². The van der Waals surface area contributed by atoms with Crippen LogP contribution in [-0.2, 0) is 14.4 Å². The van der Waals surface area contributed by atoms with Gasteiger partial charge in [-0.1, -0.05) is 11.8 Å². The lowest BCUT2D eigenvalue weighted by Gasteiger charge is -2.43. The SMILES string of the molecule is CC(=O)CSC1=C(C(=O)O)N2C(=O)C(C(C)O)[C@H]2S1. The molecule has 1 amide bonds. The van der Waals surface area contributed by atoms with Crippen molar-refractivity contribution in [2.24, 2.45) is 5.92 Å². The molecule has 0 bridgehead atoms. The number of carbonyl (C=O) groups is 3. The van der Waals surface area contributed by atoms with Gasteiger partial charge in [0, 0.05) is 0 Å². The van der Waals surface area contributed by atoms with E-state index in [4.69, 9.17) is 0 Å². The van der Waals surface area contributed by atoms with E-state index >= 15 is 0 Å². The van der Waals surface area contributed by atoms with Crippen molar-refractivity contribution >= 4 is 41.2 Å². The molecular formula is C11H13NO5S2. The number of aliphatic hydroxyl groups excluding tert-OH is 1. The Hall–Kier alpha value is -0.990. The molecule has 0 saturated carbocycles. The van der Waals surface area contributed by atoms with Gasteiger partial charge in [-0.05, 0) is 13.8 Å². The molecule has 2 heterocycles. The number of nitrogens with zero attached hydrogens (tertiary/aromatic N) is 1. The van der Waals surface area contributed by atoms with Crippen LogP contribution in [0.15, 0.2) is 9.93 Å². The number of rotatable bonds is 5. The number of carboxylic acids is 1. The maximum Gasteiger partial charge on any atom is 0.354 e. The van der Waals surface area contributed by atoms with E-state index in [0.29, 0.717) is 4.24 Å². The number of Topliss-reactive ketones (excluding diaryl/α,β-unsaturated/α-hetero) is 1. The molecule has 8 heteroatoms. The Bertz CT molecular complexity index is 487. The summed E-state index contributed by atoms with van der Waals surface area (Å²) in [5.74, 6) is -2.01. The largest absolute Gasteiger partial charge is 0.477 e. The van der Waals surface area contributed by atoms with E-state index in [2.05, 4.69) is 0 Å². The lowest BCUT2D eigenvalue weighted by atomic mass is 9.92. The molecule has 2 aliphatic heterocycles. The second-order valence-corrected chi connectivity index (χ2v) is 6.79. The molecule has 6 nitrogen and oxygen atoms in total. The predicted octanol–water partition coefficient (Wildman–Crippen LogP) is 0.474. The van der Waals surface area contributed by atoms with Gasteiger partial charge >= 0.3 is 5.97 Å². The Morgan fingerprint density at radius 2 is 2.16 bits per heavy atom. The van der Waals surface area contributed by atoms with E-state index in [1.165, 1.54) is 30.5 Å². The van der Waals surface area contributed by atoms with Gasteiger partial charge in [0.1, 0.15) is 11.2 Å². The number of hydrogen-bond acceptors (Lipinski definition) is 6. The number of thioether (sulfide) groups is 2. The fourth-order valence-electron chi connectivity index (χ4n) is 2.02. The van der Waals surface area contributed by atoms with Crippen molar-refractivity contribution < 1.29 is 24.6 Å². The highest BCUT2D eigenvalue weighted by molar-refractivity contribution is 8.23. The Labute approximate surface area is 118 Å². The second kappa shape index (κ2) is 5.18. The van der Waals surface area contributed by atoms with Crippen molar-refractivity contribution in [2.45, 2.75) is 25.3 Å². The summed E-state index contributed by atoms with van der Waals surface area (Å²) < 4.78 is 0.462. The minimum Gasteiger partial charge on any atom is -0.477 e. The topological polar surface area (TPSA) is 94.9 Å². The molecule has 0 aromatic rings. The first kappa shape index (κ1) is 14.4. The zero-order valence-corrected chi connectivity index (χ0v) is 12.0. The van der Waals surface area contributed by atoms with Crippen LogP contribution >= 0.6 is 23.5 Å². The second-order valence-electron chi connectivity index (χ2n) is 4.41. The Morgan fingerprint density at radius 3 is 2.63 bits per heavy atom. The number of carboxylic acid groups (broad SMARTS) is 1. The molecule has 19 heavy (non-hydrogen) atoms. The number of aliphatic carboxylic acids is 1. The van der Waals surface area contributed by atoms with E-state index in [1.807, 2.05) is 0 Å². The standard InChI is InChI=1S/C11H13NO5S2/c1-4(13)3-18-11-7(10(16)17)12-8(15)6(5(2)14)9(12)19-11/h5-6,9,14H,3H2,1-2H3,(H,16,17)/t5?,6?,9-/m1/s1. The van der Waals surface area contributed by atoms with Gasteiger partial charge in [-0.2, -0.15) is 0 Å². The highest BCUT2D eigenvalue weighted by atomic mass is 32.2. The number of β-lactam (4-membered cyclic amide) rings is 1. The summed E-state index contributed by atoms with van der Waals surface area (Å²) in [6.07, 6.45) is -0.812. The average Bonchev–Trinajstić information content (AvgIpc) is 2.60. The molecule has 0 radical (unpaired) electrons. The molecule has 3 atom stereocenters. The molecule has 0 aliphatic carbocycles. The minimum atomic E-state index is -1.18. The van der Waals surface area contributed by atoms with E-state index in [1.54, 1.807) is 0 Å². The van der Waals surface area contributed by atoms with Crippen molar-refractivity contribution in [3.63, 3.8) is 0 Å². The highest BCUT2D eigenvalue weighted by Crippen LogP contribution is 2.53. The molecule has 0 aromatic carbocycles. The van der Waals surface area contributed by atoms with Crippen molar-refractivity contribution in [2.75, 3.05) is 5.75 Å². The third-order valence-corrected chi connectivity index (χ3v) is 5.68. The van der Waals surface area contributed by atoms with Crippen molar-refractivity contribution in [3.05, 3.63) is 9.93 Å². The summed E-state index contributed by atoms with van der Waals surface area (Å²) >= 11 is 2.36. The molecule has 0 aromatic heterocycles. The maximum absolute atomic E-state index is 11.9. The van der Waals surface area contributed by atoms with Crippen LogP contribution in [0.5, 0.6) is 0 Å². The molecule has 1 fully saturated rings. The monoisotopic (exact) mass is 303 g/mol. The third-order valence-electron chi connectivity index (χ3n) is 2.88. The van der Waals surface area contributed by atoms with E-state index < -0.39 is 18.0 Å². The van der Waals surface area contributed by atoms with E-state index in [9.17, 15) is 24.6 Å². The van der Waals surface area contributed by atoms with Gasteiger partial charge in [0.2, 0.25) is 5.91 Å². The zero-order valence-electron chi connectivity index (χ0n) is 10.3. The van der Waals surface area contributed by atoms with Gasteiger partial charge in [-0.15, -0.1) is 11.8 Å². The number of amides is 1. The minimum absolute atomic E-state index is 0.0597. The third kappa shape index (κ3) is 2.39. The van der Waals surface area contributed by atoms with Crippen LogP contribution in [-0.4, -0.2) is 50.0 Å². The smallest absolute Gasteiger partial charge is 0.354 e. The number of carbonyl (C=O) groups excluding carboxylic acids is 2. The van der Waals surface area contributed by atoms with Crippen LogP contribution in [0, 0.1) is 5.92 Å². The molecule has 2 aliphatic rings. The summed E-state index contributed by atoms with van der Waals surface area (Å²) in [7, 11) is 0. The summed E-state index contributed by atoms with van der Waals surface area (Å²) in [6, 6.07) is 0. The van der Waals surface area contributed by atoms with Gasteiger partial charge in [-0.25, -0.2) is 4.79 Å². The highest BCUT2D eigenvalue weighted by Gasteiger charge is 2.57. The van der Waals surface area contributed by atoms with E-state index in [-0.39, 0.29) is 28.5 Å². The summed E-state index contributed by atoms with van der Waals surface area (Å²) in [6.45, 7) is 2.94. The quantitative estimate of drug-likeness (QED) is 0.713. The first-order chi connectivity index (χ1) is 8.84. The Morgan fingerprint density at radius 1 is 1.53 bits per heavy atom. The number of aliphatic hydroxyl groups is 1. The van der Waals surface area contributed by atoms with Crippen LogP contribution < -0.4 is 0 Å². The van der Waals surface area contributed by atoms with Gasteiger partial charge in [0.15, 0.2) is 5.70 Å². The van der Waals surface area contributed by atoms with Crippen LogP contribution in [0.1, 0.15) is 13.8 Å². The zero-order chi connectivity index (χ0) is 14.3. The molecule has 1 saturated heterocycles. The molecule has 104 valence electrons. The van der Waals surface area contributed by atoms with Crippen molar-refractivity contribution in [1.29, 1.82) is 0 Å². The van der Waals surface area contributed by atoms with Crippen molar-refractivity contribution in [3.8, 4) is 0 Å². The van der Waals surface area contributed by atoms with Crippen LogP contribution in [0.4, 0.5) is 0 Å². The van der Waals surface area contributed by atoms with Gasteiger partial charge in [0.05, 0.1) is 22.0 Å². The molecule has 0 spiro atoms. The lowest BCUT2D eigenvalue weighted by molar-refractivity contribution is -0.156. The molecule has 2 unspecified atom stereocenters. The first-order valence-corrected chi connectivity index (χ1v) is 7.48. The molecule has 2 N–H and O–H groups in total. The first-order valence-electron chi connectivity index (χ1n) is 5.62. The maximum atomic E-state index is 11.9. The van der Waals surface area contributed by atoms with Crippen LogP contribution in [0.2, 0.25) is 0 Å². The fourth-order valence-corrected chi connectivity index (χ4v) is 4.74. The van der Waals surface area contributed by atoms with Gasteiger partial charge in [-0.3, -0.25) is 14.5 Å². The van der Waals surface area contributed by atoms with Gasteiger partial charge in [0.25, 0.3) is 0 Å². The van der Waals surface area contributed by atoms with E-state index in [0.717, 1.165) is 11.8 Å². The fraction of sp³-hybridized carbons (Fsp3) is 0.545. The lowest BCUT2D eigenvalue weighted by Crippen LogP contribution is -2.60. The Balaban J connectivity index is 2.21. The molecular weight excluding hydrogens is 290 g/mol. The average molecular weight is 303 g/mol. The number of fused-ring (bicyclic) bond motifs is 1.